The van der Waals surface area contributed by atoms with Crippen LogP contribution in [0.2, 0.25) is 0 Å². The second-order valence-electron chi connectivity index (χ2n) is 5.74. The van der Waals surface area contributed by atoms with Crippen molar-refractivity contribution in [2.75, 3.05) is 19.6 Å². The lowest BCUT2D eigenvalue weighted by Gasteiger charge is -2.18. The molecular formula is C22H27N. The van der Waals surface area contributed by atoms with Crippen LogP contribution in [0.3, 0.4) is 0 Å². The van der Waals surface area contributed by atoms with Gasteiger partial charge in [-0.3, -0.25) is 4.90 Å². The molecular weight excluding hydrogens is 278 g/mol. The fraction of sp³-hybridized carbons (Fsp3) is 0.273. The molecule has 1 nitrogen and oxygen atoms in total. The third-order valence-electron chi connectivity index (χ3n) is 3.77. The molecule has 0 N–H and O–H groups in total. The van der Waals surface area contributed by atoms with Crippen LogP contribution < -0.4 is 0 Å². The van der Waals surface area contributed by atoms with Gasteiger partial charge in [-0.25, -0.2) is 0 Å². The molecule has 0 aliphatic carbocycles. The quantitative estimate of drug-likeness (QED) is 0.590. The van der Waals surface area contributed by atoms with E-state index < -0.39 is 0 Å². The third-order valence-corrected chi connectivity index (χ3v) is 3.77. The molecule has 0 unspecified atom stereocenters. The van der Waals surface area contributed by atoms with Gasteiger partial charge in [-0.05, 0) is 24.1 Å². The van der Waals surface area contributed by atoms with Gasteiger partial charge >= 0.3 is 0 Å². The van der Waals surface area contributed by atoms with E-state index >= 15 is 0 Å². The van der Waals surface area contributed by atoms with E-state index in [0.717, 1.165) is 19.6 Å². The highest BCUT2D eigenvalue weighted by Crippen LogP contribution is 2.04. The van der Waals surface area contributed by atoms with Crippen LogP contribution in [0.25, 0.3) is 12.2 Å². The summed E-state index contributed by atoms with van der Waals surface area (Å²) in [5.74, 6) is 0. The van der Waals surface area contributed by atoms with Crippen LogP contribution in [0, 0.1) is 0 Å². The second kappa shape index (κ2) is 10.6. The molecule has 2 rings (SSSR count). The molecule has 0 aliphatic heterocycles. The van der Waals surface area contributed by atoms with Gasteiger partial charge in [-0.2, -0.15) is 0 Å². The Morgan fingerprint density at radius 3 is 1.65 bits per heavy atom. The summed E-state index contributed by atoms with van der Waals surface area (Å²) in [6.07, 6.45) is 11.4. The number of nitrogens with zero attached hydrogens (tertiary/aromatic N) is 1. The van der Waals surface area contributed by atoms with E-state index in [1.165, 1.54) is 24.0 Å². The van der Waals surface area contributed by atoms with E-state index in [9.17, 15) is 0 Å². The summed E-state index contributed by atoms with van der Waals surface area (Å²) in [6.45, 7) is 5.38. The zero-order chi connectivity index (χ0) is 16.2. The molecule has 0 fully saturated rings. The summed E-state index contributed by atoms with van der Waals surface area (Å²) in [5.41, 5.74) is 2.53. The summed E-state index contributed by atoms with van der Waals surface area (Å²) in [6, 6.07) is 21.0. The molecule has 2 aromatic carbocycles. The number of rotatable bonds is 9. The van der Waals surface area contributed by atoms with Gasteiger partial charge in [0.1, 0.15) is 0 Å². The molecule has 0 aromatic heterocycles. The van der Waals surface area contributed by atoms with Crippen molar-refractivity contribution < 1.29 is 0 Å². The van der Waals surface area contributed by atoms with Gasteiger partial charge in [0.15, 0.2) is 0 Å². The highest BCUT2D eigenvalue weighted by Gasteiger charge is 1.99. The molecule has 0 heterocycles. The maximum Gasteiger partial charge on any atom is 0.0169 e. The van der Waals surface area contributed by atoms with Crippen molar-refractivity contribution in [2.45, 2.75) is 19.8 Å². The Morgan fingerprint density at radius 2 is 1.22 bits per heavy atom. The van der Waals surface area contributed by atoms with Gasteiger partial charge in [-0.1, -0.05) is 98.3 Å². The highest BCUT2D eigenvalue weighted by atomic mass is 15.1. The van der Waals surface area contributed by atoms with E-state index in [2.05, 4.69) is 96.8 Å². The van der Waals surface area contributed by atoms with Crippen LogP contribution in [0.4, 0.5) is 0 Å². The molecule has 2 aromatic rings. The van der Waals surface area contributed by atoms with Crippen LogP contribution in [-0.2, 0) is 0 Å². The van der Waals surface area contributed by atoms with Crippen LogP contribution in [0.5, 0.6) is 0 Å². The standard InChI is InChI=1S/C22H27N/c1-2-3-18-23(19-10-16-21-12-6-4-7-13-21)20-11-17-22-14-8-5-9-15-22/h4-17H,2-3,18-20H2,1H3. The molecule has 120 valence electrons. The van der Waals surface area contributed by atoms with E-state index in [0.29, 0.717) is 0 Å². The van der Waals surface area contributed by atoms with Crippen molar-refractivity contribution in [3.05, 3.63) is 83.9 Å². The van der Waals surface area contributed by atoms with Crippen LogP contribution in [-0.4, -0.2) is 24.5 Å². The number of benzene rings is 2. The van der Waals surface area contributed by atoms with E-state index in [-0.39, 0.29) is 0 Å². The topological polar surface area (TPSA) is 3.24 Å². The first-order chi connectivity index (χ1) is 11.4. The van der Waals surface area contributed by atoms with Crippen LogP contribution in [0.15, 0.2) is 72.8 Å². The normalized spacial score (nSPS) is 11.7. The monoisotopic (exact) mass is 305 g/mol. The number of unbranched alkanes of at least 4 members (excludes halogenated alkanes) is 1. The highest BCUT2D eigenvalue weighted by molar-refractivity contribution is 5.49. The summed E-state index contributed by atoms with van der Waals surface area (Å²) in [4.78, 5) is 2.49. The number of hydrogen-bond donors (Lipinski definition) is 0. The largest absolute Gasteiger partial charge is 0.296 e. The molecule has 0 saturated carbocycles. The predicted molar refractivity (Wildman–Crippen MR) is 102 cm³/mol. The van der Waals surface area contributed by atoms with Crippen LogP contribution in [0.1, 0.15) is 30.9 Å². The van der Waals surface area contributed by atoms with Crippen molar-refractivity contribution in [3.8, 4) is 0 Å². The van der Waals surface area contributed by atoms with Crippen molar-refractivity contribution in [2.24, 2.45) is 0 Å². The Labute approximate surface area is 141 Å². The Balaban J connectivity index is 1.86. The molecule has 0 radical (unpaired) electrons. The maximum atomic E-state index is 2.49. The molecule has 0 bridgehead atoms. The Hall–Kier alpha value is -2.12. The zero-order valence-electron chi connectivity index (χ0n) is 14.1. The van der Waals surface area contributed by atoms with Crippen molar-refractivity contribution >= 4 is 12.2 Å². The van der Waals surface area contributed by atoms with Gasteiger partial charge in [0.25, 0.3) is 0 Å². The van der Waals surface area contributed by atoms with E-state index in [1.807, 2.05) is 0 Å². The zero-order valence-corrected chi connectivity index (χ0v) is 14.1. The average Bonchev–Trinajstić information content (AvgIpc) is 2.61. The first-order valence-electron chi connectivity index (χ1n) is 8.54. The first kappa shape index (κ1) is 17.2. The van der Waals surface area contributed by atoms with Gasteiger partial charge in [-0.15, -0.1) is 0 Å². The SMILES string of the molecule is CCCCN(CC=Cc1ccccc1)CC=Cc1ccccc1. The summed E-state index contributed by atoms with van der Waals surface area (Å²) < 4.78 is 0. The van der Waals surface area contributed by atoms with Crippen molar-refractivity contribution in [3.63, 3.8) is 0 Å². The Bertz CT molecular complexity index is 532. The fourth-order valence-corrected chi connectivity index (χ4v) is 2.44. The summed E-state index contributed by atoms with van der Waals surface area (Å²) in [7, 11) is 0. The third kappa shape index (κ3) is 7.12. The minimum absolute atomic E-state index is 0.994. The lowest BCUT2D eigenvalue weighted by atomic mass is 10.2. The smallest absolute Gasteiger partial charge is 0.0169 e. The van der Waals surface area contributed by atoms with Gasteiger partial charge in [0.05, 0.1) is 0 Å². The lowest BCUT2D eigenvalue weighted by molar-refractivity contribution is 0.329. The molecule has 1 heteroatoms. The maximum absolute atomic E-state index is 2.49. The van der Waals surface area contributed by atoms with Gasteiger partial charge in [0.2, 0.25) is 0 Å². The first-order valence-corrected chi connectivity index (χ1v) is 8.54. The van der Waals surface area contributed by atoms with Crippen molar-refractivity contribution in [1.29, 1.82) is 0 Å². The predicted octanol–water partition coefficient (Wildman–Crippen LogP) is 5.52. The summed E-state index contributed by atoms with van der Waals surface area (Å²) >= 11 is 0. The fourth-order valence-electron chi connectivity index (χ4n) is 2.44. The molecule has 0 aliphatic rings. The minimum Gasteiger partial charge on any atom is -0.296 e. The molecule has 0 spiro atoms. The average molecular weight is 305 g/mol. The molecule has 0 amide bonds. The van der Waals surface area contributed by atoms with Gasteiger partial charge in [0, 0.05) is 13.1 Å². The molecule has 23 heavy (non-hydrogen) atoms. The summed E-state index contributed by atoms with van der Waals surface area (Å²) in [5, 5.41) is 0. The second-order valence-corrected chi connectivity index (χ2v) is 5.74. The van der Waals surface area contributed by atoms with Crippen LogP contribution >= 0.6 is 0 Å². The Kier molecular flexibility index (Phi) is 7.93. The minimum atomic E-state index is 0.994. The number of hydrogen-bond acceptors (Lipinski definition) is 1. The molecule has 0 atom stereocenters. The lowest BCUT2D eigenvalue weighted by Crippen LogP contribution is -2.25. The van der Waals surface area contributed by atoms with Crippen molar-refractivity contribution in [1.82, 2.24) is 4.90 Å². The van der Waals surface area contributed by atoms with E-state index in [4.69, 9.17) is 0 Å². The van der Waals surface area contributed by atoms with E-state index in [1.54, 1.807) is 0 Å². The molecule has 0 saturated heterocycles. The van der Waals surface area contributed by atoms with Gasteiger partial charge < -0.3 is 0 Å². The Morgan fingerprint density at radius 1 is 0.739 bits per heavy atom.